The molecule has 0 radical (unpaired) electrons. The molecule has 2 aromatic rings. The predicted molar refractivity (Wildman–Crippen MR) is 73.3 cm³/mol. The van der Waals surface area contributed by atoms with Gasteiger partial charge in [-0.3, -0.25) is 9.78 Å². The van der Waals surface area contributed by atoms with Gasteiger partial charge in [0.1, 0.15) is 5.78 Å². The number of benzene rings is 1. The number of nitrogens with two attached hydrogens (primary N) is 1. The van der Waals surface area contributed by atoms with E-state index in [4.69, 9.17) is 5.73 Å². The zero-order valence-corrected chi connectivity index (χ0v) is 10.6. The van der Waals surface area contributed by atoms with Crippen LogP contribution in [0.3, 0.4) is 0 Å². The van der Waals surface area contributed by atoms with Gasteiger partial charge in [-0.15, -0.1) is 0 Å². The largest absolute Gasteiger partial charge is 0.330 e. The van der Waals surface area contributed by atoms with E-state index in [0.29, 0.717) is 13.0 Å². The van der Waals surface area contributed by atoms with E-state index in [1.807, 2.05) is 43.3 Å². The Hall–Kier alpha value is -1.74. The van der Waals surface area contributed by atoms with Gasteiger partial charge in [-0.2, -0.15) is 0 Å². The summed E-state index contributed by atoms with van der Waals surface area (Å²) in [5.41, 5.74) is 7.35. The number of aromatic nitrogens is 1. The molecule has 0 amide bonds. The zero-order chi connectivity index (χ0) is 13.0. The molecule has 0 aliphatic heterocycles. The Labute approximate surface area is 107 Å². The van der Waals surface area contributed by atoms with Crippen molar-refractivity contribution in [3.63, 3.8) is 0 Å². The van der Waals surface area contributed by atoms with Crippen molar-refractivity contribution in [1.82, 2.24) is 4.98 Å². The third kappa shape index (κ3) is 2.74. The van der Waals surface area contributed by atoms with Crippen molar-refractivity contribution in [1.29, 1.82) is 0 Å². The number of rotatable bonds is 5. The summed E-state index contributed by atoms with van der Waals surface area (Å²) >= 11 is 0. The number of carbonyl (C=O) groups is 1. The first-order valence-corrected chi connectivity index (χ1v) is 6.32. The molecule has 3 heteroatoms. The minimum Gasteiger partial charge on any atom is -0.330 e. The third-order valence-electron chi connectivity index (χ3n) is 3.24. The van der Waals surface area contributed by atoms with E-state index in [0.717, 1.165) is 23.0 Å². The zero-order valence-electron chi connectivity index (χ0n) is 10.6. The molecule has 0 saturated heterocycles. The fraction of sp³-hybridized carbons (Fsp3) is 0.333. The number of ketones is 1. The Bertz CT molecular complexity index is 547. The van der Waals surface area contributed by atoms with Crippen LogP contribution in [0, 0.1) is 5.92 Å². The van der Waals surface area contributed by atoms with Crippen LogP contribution in [-0.2, 0) is 11.2 Å². The van der Waals surface area contributed by atoms with Gasteiger partial charge < -0.3 is 5.73 Å². The standard InChI is InChI=1S/C15H18N2O/c1-2-11(10-16)15(18)9-13-8-7-12-5-3-4-6-14(12)17-13/h3-8,11H,2,9-10,16H2,1H3. The number of carbonyl (C=O) groups excluding carboxylic acids is 1. The molecule has 0 fully saturated rings. The predicted octanol–water partition coefficient (Wildman–Crippen LogP) is 2.33. The van der Waals surface area contributed by atoms with E-state index in [9.17, 15) is 4.79 Å². The third-order valence-corrected chi connectivity index (χ3v) is 3.24. The smallest absolute Gasteiger partial charge is 0.143 e. The minimum absolute atomic E-state index is 0.0433. The molecule has 2 rings (SSSR count). The first kappa shape index (κ1) is 12.7. The average molecular weight is 242 g/mol. The molecule has 1 heterocycles. The average Bonchev–Trinajstić information content (AvgIpc) is 2.40. The van der Waals surface area contributed by atoms with E-state index in [-0.39, 0.29) is 11.7 Å². The summed E-state index contributed by atoms with van der Waals surface area (Å²) in [5, 5.41) is 1.10. The van der Waals surface area contributed by atoms with Crippen molar-refractivity contribution in [3.05, 3.63) is 42.1 Å². The molecular formula is C15H18N2O. The summed E-state index contributed by atoms with van der Waals surface area (Å²) in [5.74, 6) is 0.140. The Morgan fingerprint density at radius 3 is 2.78 bits per heavy atom. The number of Topliss-reactive ketones (excluding diaryl/α,β-unsaturated/α-hetero) is 1. The first-order valence-electron chi connectivity index (χ1n) is 6.32. The number of fused-ring (bicyclic) bond motifs is 1. The maximum absolute atomic E-state index is 12.0. The first-order chi connectivity index (χ1) is 8.74. The summed E-state index contributed by atoms with van der Waals surface area (Å²) < 4.78 is 0. The van der Waals surface area contributed by atoms with Crippen LogP contribution in [0.2, 0.25) is 0 Å². The van der Waals surface area contributed by atoms with Crippen molar-refractivity contribution < 1.29 is 4.79 Å². The van der Waals surface area contributed by atoms with Crippen LogP contribution in [-0.4, -0.2) is 17.3 Å². The highest BCUT2D eigenvalue weighted by Crippen LogP contribution is 2.13. The summed E-state index contributed by atoms with van der Waals surface area (Å²) in [6, 6.07) is 11.8. The Balaban J connectivity index is 2.19. The van der Waals surface area contributed by atoms with Crippen molar-refractivity contribution in [2.75, 3.05) is 6.54 Å². The maximum atomic E-state index is 12.0. The Kier molecular flexibility index (Phi) is 4.05. The van der Waals surface area contributed by atoms with Crippen LogP contribution in [0.15, 0.2) is 36.4 Å². The quantitative estimate of drug-likeness (QED) is 0.875. The molecule has 0 bridgehead atoms. The summed E-state index contributed by atoms with van der Waals surface area (Å²) in [6.07, 6.45) is 1.17. The SMILES string of the molecule is CCC(CN)C(=O)Cc1ccc2ccccc2n1. The van der Waals surface area contributed by atoms with Gasteiger partial charge >= 0.3 is 0 Å². The van der Waals surface area contributed by atoms with E-state index >= 15 is 0 Å². The number of nitrogens with zero attached hydrogens (tertiary/aromatic N) is 1. The fourth-order valence-electron chi connectivity index (χ4n) is 2.06. The van der Waals surface area contributed by atoms with E-state index in [2.05, 4.69) is 4.98 Å². The van der Waals surface area contributed by atoms with Crippen LogP contribution < -0.4 is 5.73 Å². The lowest BCUT2D eigenvalue weighted by molar-refractivity contribution is -0.122. The molecule has 1 aromatic carbocycles. The van der Waals surface area contributed by atoms with E-state index < -0.39 is 0 Å². The highest BCUT2D eigenvalue weighted by Gasteiger charge is 2.15. The summed E-state index contributed by atoms with van der Waals surface area (Å²) in [6.45, 7) is 2.41. The topological polar surface area (TPSA) is 56.0 Å². The molecule has 2 N–H and O–H groups in total. The molecular weight excluding hydrogens is 224 g/mol. The molecule has 0 spiro atoms. The summed E-state index contributed by atoms with van der Waals surface area (Å²) in [4.78, 5) is 16.5. The molecule has 18 heavy (non-hydrogen) atoms. The van der Waals surface area contributed by atoms with Gasteiger partial charge in [0.2, 0.25) is 0 Å². The van der Waals surface area contributed by atoms with Crippen LogP contribution in [0.1, 0.15) is 19.0 Å². The maximum Gasteiger partial charge on any atom is 0.143 e. The highest BCUT2D eigenvalue weighted by molar-refractivity contribution is 5.84. The molecule has 0 aliphatic rings. The van der Waals surface area contributed by atoms with Crippen LogP contribution in [0.4, 0.5) is 0 Å². The molecule has 1 atom stereocenters. The Morgan fingerprint density at radius 1 is 1.28 bits per heavy atom. The molecule has 0 saturated carbocycles. The van der Waals surface area contributed by atoms with Gasteiger partial charge in [0.05, 0.1) is 5.52 Å². The highest BCUT2D eigenvalue weighted by atomic mass is 16.1. The van der Waals surface area contributed by atoms with Crippen molar-refractivity contribution in [3.8, 4) is 0 Å². The second-order valence-electron chi connectivity index (χ2n) is 4.48. The number of para-hydroxylation sites is 1. The normalized spacial score (nSPS) is 12.6. The number of hydrogen-bond acceptors (Lipinski definition) is 3. The Morgan fingerprint density at radius 2 is 2.06 bits per heavy atom. The van der Waals surface area contributed by atoms with Gasteiger partial charge in [0, 0.05) is 30.0 Å². The van der Waals surface area contributed by atoms with Crippen molar-refractivity contribution in [2.45, 2.75) is 19.8 Å². The van der Waals surface area contributed by atoms with E-state index in [1.165, 1.54) is 0 Å². The fourth-order valence-corrected chi connectivity index (χ4v) is 2.06. The number of hydrogen-bond donors (Lipinski definition) is 1. The van der Waals surface area contributed by atoms with Gasteiger partial charge in [0.25, 0.3) is 0 Å². The molecule has 3 nitrogen and oxygen atoms in total. The van der Waals surface area contributed by atoms with Gasteiger partial charge in [-0.25, -0.2) is 0 Å². The van der Waals surface area contributed by atoms with E-state index in [1.54, 1.807) is 0 Å². The lowest BCUT2D eigenvalue weighted by Gasteiger charge is -2.10. The minimum atomic E-state index is -0.0433. The van der Waals surface area contributed by atoms with Crippen LogP contribution in [0.5, 0.6) is 0 Å². The van der Waals surface area contributed by atoms with Crippen molar-refractivity contribution >= 4 is 16.7 Å². The number of pyridine rings is 1. The lowest BCUT2D eigenvalue weighted by atomic mass is 9.97. The molecule has 1 aromatic heterocycles. The van der Waals surface area contributed by atoms with Crippen LogP contribution >= 0.6 is 0 Å². The molecule has 0 aliphatic carbocycles. The second kappa shape index (κ2) is 5.74. The monoisotopic (exact) mass is 242 g/mol. The lowest BCUT2D eigenvalue weighted by Crippen LogP contribution is -2.24. The molecule has 94 valence electrons. The summed E-state index contributed by atoms with van der Waals surface area (Å²) in [7, 11) is 0. The van der Waals surface area contributed by atoms with Crippen molar-refractivity contribution in [2.24, 2.45) is 11.7 Å². The van der Waals surface area contributed by atoms with Gasteiger partial charge in [-0.05, 0) is 18.6 Å². The second-order valence-corrected chi connectivity index (χ2v) is 4.48. The van der Waals surface area contributed by atoms with Gasteiger partial charge in [-0.1, -0.05) is 31.2 Å². The molecule has 1 unspecified atom stereocenters. The van der Waals surface area contributed by atoms with Gasteiger partial charge in [0.15, 0.2) is 0 Å². The van der Waals surface area contributed by atoms with Crippen LogP contribution in [0.25, 0.3) is 10.9 Å².